The molecule has 1 aromatic heterocycles. The van der Waals surface area contributed by atoms with E-state index < -0.39 is 23.3 Å². The van der Waals surface area contributed by atoms with E-state index in [4.69, 9.17) is 9.26 Å². The van der Waals surface area contributed by atoms with Gasteiger partial charge in [0.1, 0.15) is 5.75 Å². The zero-order chi connectivity index (χ0) is 27.2. The first-order valence-electron chi connectivity index (χ1n) is 12.1. The number of carbonyl (C=O) groups is 1. The molecule has 3 aromatic rings. The maximum absolute atomic E-state index is 13.0. The standard InChI is InChI=1S/C27H32F3N3O4/c1-18(2)15-23-31-25(32-37-23)33(17-20-10-12-21(13-11-20)27(28,29)30)14-6-8-19-7-5-9-22(16-19)36-26(3,4)24(34)35/h5,7,9-13,16,18H,6,8,14-15,17H2,1-4H3,(H,34,35). The summed E-state index contributed by atoms with van der Waals surface area (Å²) in [7, 11) is 0. The van der Waals surface area contributed by atoms with Gasteiger partial charge in [-0.15, -0.1) is 0 Å². The van der Waals surface area contributed by atoms with Crippen molar-refractivity contribution in [1.29, 1.82) is 0 Å². The van der Waals surface area contributed by atoms with Crippen LogP contribution in [0.25, 0.3) is 0 Å². The number of hydrogen-bond acceptors (Lipinski definition) is 6. The van der Waals surface area contributed by atoms with E-state index in [2.05, 4.69) is 10.1 Å². The molecule has 37 heavy (non-hydrogen) atoms. The first-order chi connectivity index (χ1) is 17.3. The lowest BCUT2D eigenvalue weighted by Crippen LogP contribution is -2.37. The fourth-order valence-corrected chi connectivity index (χ4v) is 3.65. The number of rotatable bonds is 12. The molecular weight excluding hydrogens is 487 g/mol. The molecule has 10 heteroatoms. The van der Waals surface area contributed by atoms with E-state index in [1.807, 2.05) is 24.8 Å². The normalized spacial score (nSPS) is 12.1. The van der Waals surface area contributed by atoms with Gasteiger partial charge in [0.2, 0.25) is 5.89 Å². The summed E-state index contributed by atoms with van der Waals surface area (Å²) in [6.07, 6.45) is -2.43. The Labute approximate surface area is 214 Å². The highest BCUT2D eigenvalue weighted by Crippen LogP contribution is 2.29. The van der Waals surface area contributed by atoms with Gasteiger partial charge in [-0.1, -0.05) is 38.1 Å². The molecule has 2 aromatic carbocycles. The third-order valence-electron chi connectivity index (χ3n) is 5.66. The van der Waals surface area contributed by atoms with Crippen LogP contribution in [0.15, 0.2) is 53.1 Å². The minimum atomic E-state index is -4.39. The average molecular weight is 520 g/mol. The number of carboxylic acids is 1. The second-order valence-electron chi connectivity index (χ2n) is 9.87. The fraction of sp³-hybridized carbons (Fsp3) is 0.444. The summed E-state index contributed by atoms with van der Waals surface area (Å²) in [5, 5.41) is 13.4. The number of anilines is 1. The van der Waals surface area contributed by atoms with Crippen LogP contribution in [0, 0.1) is 5.92 Å². The Balaban J connectivity index is 1.71. The minimum absolute atomic E-state index is 0.314. The Hall–Kier alpha value is -3.56. The van der Waals surface area contributed by atoms with Gasteiger partial charge in [0.15, 0.2) is 5.60 Å². The van der Waals surface area contributed by atoms with Gasteiger partial charge >= 0.3 is 12.1 Å². The molecule has 0 aliphatic heterocycles. The number of hydrogen-bond donors (Lipinski definition) is 1. The second-order valence-corrected chi connectivity index (χ2v) is 9.87. The summed E-state index contributed by atoms with van der Waals surface area (Å²) in [6.45, 7) is 7.89. The third-order valence-corrected chi connectivity index (χ3v) is 5.66. The molecule has 200 valence electrons. The molecule has 0 saturated carbocycles. The van der Waals surface area contributed by atoms with E-state index in [1.54, 1.807) is 18.2 Å². The first kappa shape index (κ1) is 28.0. The van der Waals surface area contributed by atoms with E-state index in [9.17, 15) is 23.1 Å². The average Bonchev–Trinajstić information content (AvgIpc) is 3.25. The maximum Gasteiger partial charge on any atom is 0.416 e. The Kier molecular flexibility index (Phi) is 8.83. The molecule has 3 rings (SSSR count). The van der Waals surface area contributed by atoms with Gasteiger partial charge in [-0.2, -0.15) is 18.2 Å². The number of aromatic nitrogens is 2. The SMILES string of the molecule is CC(C)Cc1nc(N(CCCc2cccc(OC(C)(C)C(=O)O)c2)Cc2ccc(C(F)(F)F)cc2)no1. The number of aryl methyl sites for hydroxylation is 1. The summed E-state index contributed by atoms with van der Waals surface area (Å²) in [5.41, 5.74) is -0.408. The van der Waals surface area contributed by atoms with Crippen molar-refractivity contribution in [1.82, 2.24) is 10.1 Å². The molecule has 1 N–H and O–H groups in total. The molecule has 0 amide bonds. The molecule has 0 radical (unpaired) electrons. The quantitative estimate of drug-likeness (QED) is 0.306. The van der Waals surface area contributed by atoms with Crippen LogP contribution in [0.3, 0.4) is 0 Å². The first-order valence-corrected chi connectivity index (χ1v) is 12.1. The molecule has 0 aliphatic rings. The van der Waals surface area contributed by atoms with Gasteiger partial charge in [0, 0.05) is 19.5 Å². The molecule has 0 unspecified atom stereocenters. The molecule has 7 nitrogen and oxygen atoms in total. The van der Waals surface area contributed by atoms with Gasteiger partial charge in [0.25, 0.3) is 5.95 Å². The number of nitrogens with zero attached hydrogens (tertiary/aromatic N) is 3. The van der Waals surface area contributed by atoms with Crippen molar-refractivity contribution in [3.63, 3.8) is 0 Å². The Bertz CT molecular complexity index is 1170. The highest BCUT2D eigenvalue weighted by atomic mass is 19.4. The van der Waals surface area contributed by atoms with Crippen molar-refractivity contribution in [2.24, 2.45) is 5.92 Å². The smallest absolute Gasteiger partial charge is 0.416 e. The predicted octanol–water partition coefficient (Wildman–Crippen LogP) is 6.17. The molecule has 0 spiro atoms. The lowest BCUT2D eigenvalue weighted by atomic mass is 10.1. The van der Waals surface area contributed by atoms with E-state index in [0.717, 1.165) is 17.7 Å². The number of carboxylic acid groups (broad SMARTS) is 1. The van der Waals surface area contributed by atoms with Crippen molar-refractivity contribution in [3.8, 4) is 5.75 Å². The Morgan fingerprint density at radius 2 is 1.81 bits per heavy atom. The second kappa shape index (κ2) is 11.7. The largest absolute Gasteiger partial charge is 0.478 e. The Morgan fingerprint density at radius 1 is 1.11 bits per heavy atom. The lowest BCUT2D eigenvalue weighted by molar-refractivity contribution is -0.152. The number of aliphatic carboxylic acids is 1. The van der Waals surface area contributed by atoms with Gasteiger partial charge in [-0.25, -0.2) is 4.79 Å². The van der Waals surface area contributed by atoms with Gasteiger partial charge < -0.3 is 19.3 Å². The lowest BCUT2D eigenvalue weighted by Gasteiger charge is -2.22. The van der Waals surface area contributed by atoms with Gasteiger partial charge in [-0.3, -0.25) is 0 Å². The minimum Gasteiger partial charge on any atom is -0.478 e. The van der Waals surface area contributed by atoms with Crippen LogP contribution >= 0.6 is 0 Å². The van der Waals surface area contributed by atoms with Crippen LogP contribution in [-0.4, -0.2) is 33.4 Å². The summed E-state index contributed by atoms with van der Waals surface area (Å²) < 4.78 is 49.9. The van der Waals surface area contributed by atoms with Crippen LogP contribution in [0.2, 0.25) is 0 Å². The molecule has 0 aliphatic carbocycles. The zero-order valence-corrected chi connectivity index (χ0v) is 21.4. The number of halogens is 3. The van der Waals surface area contributed by atoms with Crippen LogP contribution in [0.5, 0.6) is 5.75 Å². The van der Waals surface area contributed by atoms with E-state index in [0.29, 0.717) is 61.4 Å². The monoisotopic (exact) mass is 519 g/mol. The Morgan fingerprint density at radius 3 is 2.43 bits per heavy atom. The summed E-state index contributed by atoms with van der Waals surface area (Å²) >= 11 is 0. The van der Waals surface area contributed by atoms with Crippen LogP contribution in [0.4, 0.5) is 19.1 Å². The predicted molar refractivity (Wildman–Crippen MR) is 132 cm³/mol. The molecule has 1 heterocycles. The van der Waals surface area contributed by atoms with Gasteiger partial charge in [0.05, 0.1) is 5.56 Å². The maximum atomic E-state index is 13.0. The highest BCUT2D eigenvalue weighted by molar-refractivity contribution is 5.76. The molecule has 0 saturated heterocycles. The van der Waals surface area contributed by atoms with Crippen LogP contribution in [-0.2, 0) is 30.4 Å². The van der Waals surface area contributed by atoms with Crippen molar-refractivity contribution in [2.75, 3.05) is 11.4 Å². The van der Waals surface area contributed by atoms with Crippen molar-refractivity contribution in [3.05, 3.63) is 71.1 Å². The van der Waals surface area contributed by atoms with E-state index >= 15 is 0 Å². The third kappa shape index (κ3) is 8.23. The van der Waals surface area contributed by atoms with Crippen LogP contribution in [0.1, 0.15) is 56.7 Å². The summed E-state index contributed by atoms with van der Waals surface area (Å²) in [4.78, 5) is 17.7. The molecule has 0 bridgehead atoms. The van der Waals surface area contributed by atoms with Crippen molar-refractivity contribution < 1.29 is 32.3 Å². The number of ether oxygens (including phenoxy) is 1. The number of benzene rings is 2. The topological polar surface area (TPSA) is 88.7 Å². The highest BCUT2D eigenvalue weighted by Gasteiger charge is 2.30. The van der Waals surface area contributed by atoms with E-state index in [-0.39, 0.29) is 0 Å². The van der Waals surface area contributed by atoms with E-state index in [1.165, 1.54) is 26.0 Å². The van der Waals surface area contributed by atoms with Crippen molar-refractivity contribution >= 4 is 11.9 Å². The summed E-state index contributed by atoms with van der Waals surface area (Å²) in [6, 6.07) is 12.3. The summed E-state index contributed by atoms with van der Waals surface area (Å²) in [5.74, 6) is 0.623. The van der Waals surface area contributed by atoms with Crippen molar-refractivity contribution in [2.45, 2.75) is 65.3 Å². The molecule has 0 atom stereocenters. The molecular formula is C27H32F3N3O4. The zero-order valence-electron chi connectivity index (χ0n) is 21.4. The number of alkyl halides is 3. The molecule has 0 fully saturated rings. The fourth-order valence-electron chi connectivity index (χ4n) is 3.65. The van der Waals surface area contributed by atoms with Gasteiger partial charge in [-0.05, 0) is 73.2 Å². The van der Waals surface area contributed by atoms with Crippen LogP contribution < -0.4 is 9.64 Å².